The van der Waals surface area contributed by atoms with Crippen LogP contribution in [0.1, 0.15) is 105 Å². The van der Waals surface area contributed by atoms with Crippen molar-refractivity contribution in [3.63, 3.8) is 0 Å². The number of primary amides is 3. The number of rotatable bonds is 18. The third-order valence-electron chi connectivity index (χ3n) is 11.0. The van der Waals surface area contributed by atoms with Crippen molar-refractivity contribution in [1.29, 1.82) is 0 Å². The van der Waals surface area contributed by atoms with E-state index in [4.69, 9.17) is 35.6 Å². The molecule has 13 N–H and O–H groups in total. The number of carbonyl (C=O) groups is 11. The Balaban J connectivity index is 2.14. The van der Waals surface area contributed by atoms with Gasteiger partial charge in [-0.3, -0.25) is 52.7 Å². The average Bonchev–Trinajstić information content (AvgIpc) is 3.88. The zero-order valence-corrected chi connectivity index (χ0v) is 39.3. The number of nitrogens with one attached hydrogen (secondary N) is 7. The Kier molecular flexibility index (Phi) is 17.4. The number of hydrogen-bond donors (Lipinski definition) is 10. The number of nitrogens with two attached hydrogens (primary N) is 3. The van der Waals surface area contributed by atoms with Crippen molar-refractivity contribution in [2.24, 2.45) is 29.0 Å². The van der Waals surface area contributed by atoms with Gasteiger partial charge in [0.2, 0.25) is 65.0 Å². The molecule has 2 heterocycles. The molecule has 69 heavy (non-hydrogen) atoms. The van der Waals surface area contributed by atoms with Crippen molar-refractivity contribution < 1.29 is 71.2 Å². The van der Waals surface area contributed by atoms with Gasteiger partial charge in [-0.1, -0.05) is 46.1 Å². The number of hydrogen-bond acceptors (Lipinski definition) is 13. The van der Waals surface area contributed by atoms with Crippen LogP contribution in [0.2, 0.25) is 0 Å². The monoisotopic (exact) mass is 998 g/mol. The first kappa shape index (κ1) is 42.6. The molecule has 2 aliphatic heterocycles. The van der Waals surface area contributed by atoms with E-state index in [-0.39, 0.29) is 50.2 Å². The topological polar surface area (TPSA) is 363 Å². The standard InChI is InChI=1S/C45H69N11O12S/c1-6-25(4)38-44(66)51-28(15-16-34(46)57)40(62)52-31(21-35(47)58)41(63)54-32(23-69-18-8-10-37(60)50-30(42(64)55-38)20-26-11-13-27(68-5)14-12-26)45(67)56-17-7-9-33(56)43(65)53-29(19-24(2)3)39(61)49-22-36(48)59/h11-14,24-25,28-33,38H,6-10,15-23H2,1-5H3,(H2,46,57)(H2,47,58)(H2,48,59)(H,49,61)(H,50,60)(H,51,66)(H,52,62)(H,53,65)(H,54,63)(H,55,64)/t25-,28-,29?,30-,31-,32-,33-,38-/m0/s1/i2D3,3D3,19D2,24D,29D. The van der Waals surface area contributed by atoms with Gasteiger partial charge in [0.1, 0.15) is 48.0 Å². The van der Waals surface area contributed by atoms with Gasteiger partial charge in [0.15, 0.2) is 0 Å². The molecule has 0 bridgehead atoms. The molecule has 0 radical (unpaired) electrons. The van der Waals surface area contributed by atoms with E-state index in [1.165, 1.54) is 7.11 Å². The first-order valence-corrected chi connectivity index (χ1v) is 23.2. The summed E-state index contributed by atoms with van der Waals surface area (Å²) < 4.78 is 87.5. The highest BCUT2D eigenvalue weighted by molar-refractivity contribution is 7.99. The molecule has 24 heteroatoms. The Bertz CT molecular complexity index is 2430. The second-order valence-corrected chi connectivity index (χ2v) is 17.4. The summed E-state index contributed by atoms with van der Waals surface area (Å²) in [5.41, 5.74) is 16.6. The van der Waals surface area contributed by atoms with Crippen LogP contribution in [0, 0.1) is 11.8 Å². The van der Waals surface area contributed by atoms with Crippen molar-refractivity contribution in [3.8, 4) is 5.75 Å². The summed E-state index contributed by atoms with van der Waals surface area (Å²) in [6, 6.07) is -7.24. The van der Waals surface area contributed by atoms with Crippen LogP contribution >= 0.6 is 11.8 Å². The number of benzene rings is 1. The molecule has 1 aromatic rings. The van der Waals surface area contributed by atoms with E-state index >= 15 is 0 Å². The lowest BCUT2D eigenvalue weighted by Crippen LogP contribution is -2.61. The van der Waals surface area contributed by atoms with Gasteiger partial charge in [-0.2, -0.15) is 11.8 Å². The molecule has 0 aliphatic carbocycles. The number of thioether (sulfide) groups is 1. The molecule has 1 aromatic carbocycles. The molecule has 0 saturated carbocycles. The molecular weight excluding hydrogens is 919 g/mol. The third kappa shape index (κ3) is 18.9. The largest absolute Gasteiger partial charge is 0.497 e. The summed E-state index contributed by atoms with van der Waals surface area (Å²) in [5.74, 6) is -17.5. The number of carbonyl (C=O) groups excluding carboxylic acids is 11. The zero-order chi connectivity index (χ0) is 60.0. The summed E-state index contributed by atoms with van der Waals surface area (Å²) in [7, 11) is 1.46. The minimum absolute atomic E-state index is 0.0282. The van der Waals surface area contributed by atoms with Gasteiger partial charge in [-0.15, -0.1) is 0 Å². The van der Waals surface area contributed by atoms with E-state index in [9.17, 15) is 52.7 Å². The van der Waals surface area contributed by atoms with Crippen LogP contribution in [-0.2, 0) is 59.2 Å². The van der Waals surface area contributed by atoms with E-state index < -0.39 is 165 Å². The quantitative estimate of drug-likeness (QED) is 0.0728. The predicted molar refractivity (Wildman–Crippen MR) is 253 cm³/mol. The molecule has 382 valence electrons. The van der Waals surface area contributed by atoms with Crippen LogP contribution in [0.4, 0.5) is 0 Å². The molecule has 1 unspecified atom stereocenters. The van der Waals surface area contributed by atoms with Crippen LogP contribution < -0.4 is 59.2 Å². The summed E-state index contributed by atoms with van der Waals surface area (Å²) in [4.78, 5) is 150. The van der Waals surface area contributed by atoms with Gasteiger partial charge in [0, 0.05) is 43.9 Å². The SMILES string of the molecule is [2H]C([2H])([2H])C([2H])(C([2H])([2H])[2H])C([2H])([2H])C([2H])(NC(=O)[C@@H]1CCCN1C(=O)[C@@H]1CSCCCC(=O)N[C@@H](Cc2ccc(OC)cc2)C(=O)N[C@@H]([C@@H](C)CC)C(=O)N[C@@H](CCC(N)=O)C(=O)N[C@@H](CC(N)=O)C(=O)N1)C(=O)NCC(N)=O. The second kappa shape index (κ2) is 28.1. The molecule has 8 atom stereocenters. The van der Waals surface area contributed by atoms with Crippen LogP contribution in [0.25, 0.3) is 0 Å². The molecular formula is C45H69N11O12S. The lowest BCUT2D eigenvalue weighted by Gasteiger charge is -2.31. The van der Waals surface area contributed by atoms with Gasteiger partial charge in [0.25, 0.3) is 0 Å². The Labute approximate surface area is 419 Å². The highest BCUT2D eigenvalue weighted by Crippen LogP contribution is 2.22. The normalized spacial score (nSPS) is 26.5. The molecule has 2 fully saturated rings. The Morgan fingerprint density at radius 3 is 2.17 bits per heavy atom. The fourth-order valence-corrected chi connectivity index (χ4v) is 8.12. The molecule has 3 rings (SSSR count). The molecule has 23 nitrogen and oxygen atoms in total. The van der Waals surface area contributed by atoms with Gasteiger partial charge in [-0.25, -0.2) is 0 Å². The van der Waals surface area contributed by atoms with Crippen LogP contribution in [-0.4, -0.2) is 144 Å². The van der Waals surface area contributed by atoms with Gasteiger partial charge in [0.05, 0.1) is 21.4 Å². The predicted octanol–water partition coefficient (Wildman–Crippen LogP) is -2.50. The lowest BCUT2D eigenvalue weighted by molar-refractivity contribution is -0.142. The minimum Gasteiger partial charge on any atom is -0.497 e. The highest BCUT2D eigenvalue weighted by atomic mass is 32.2. The van der Waals surface area contributed by atoms with Gasteiger partial charge >= 0.3 is 0 Å². The van der Waals surface area contributed by atoms with Crippen molar-refractivity contribution in [3.05, 3.63) is 29.8 Å². The van der Waals surface area contributed by atoms with Crippen LogP contribution in [0.3, 0.4) is 0 Å². The fraction of sp³-hybridized carbons (Fsp3) is 0.622. The number of amides is 11. The van der Waals surface area contributed by atoms with Crippen LogP contribution in [0.5, 0.6) is 5.75 Å². The second-order valence-electron chi connectivity index (χ2n) is 16.3. The first-order chi connectivity index (χ1) is 36.6. The summed E-state index contributed by atoms with van der Waals surface area (Å²) in [5, 5.41) is 16.0. The molecule has 2 aliphatic rings. The zero-order valence-electron chi connectivity index (χ0n) is 48.5. The fourth-order valence-electron chi connectivity index (χ4n) is 7.15. The highest BCUT2D eigenvalue weighted by Gasteiger charge is 2.40. The minimum atomic E-state index is -4.39. The molecule has 0 aromatic heterocycles. The van der Waals surface area contributed by atoms with Gasteiger partial charge in [-0.05, 0) is 67.3 Å². The van der Waals surface area contributed by atoms with Crippen molar-refractivity contribution in [2.45, 2.75) is 134 Å². The summed E-state index contributed by atoms with van der Waals surface area (Å²) in [6.45, 7) is -6.38. The Morgan fingerprint density at radius 2 is 1.55 bits per heavy atom. The van der Waals surface area contributed by atoms with Crippen molar-refractivity contribution in [1.82, 2.24) is 42.1 Å². The smallest absolute Gasteiger partial charge is 0.246 e. The first-order valence-electron chi connectivity index (χ1n) is 27.0. The van der Waals surface area contributed by atoms with E-state index in [0.29, 0.717) is 17.7 Å². The van der Waals surface area contributed by atoms with Gasteiger partial charge < -0.3 is 64.1 Å². The van der Waals surface area contributed by atoms with Crippen LogP contribution in [0.15, 0.2) is 24.3 Å². The van der Waals surface area contributed by atoms with E-state index in [1.807, 2.05) is 0 Å². The maximum Gasteiger partial charge on any atom is 0.246 e. The maximum absolute atomic E-state index is 14.7. The lowest BCUT2D eigenvalue weighted by atomic mass is 9.96. The molecule has 0 spiro atoms. The summed E-state index contributed by atoms with van der Waals surface area (Å²) >= 11 is 0.981. The molecule has 2 saturated heterocycles. The maximum atomic E-state index is 14.7. The Morgan fingerprint density at radius 1 is 0.884 bits per heavy atom. The number of ether oxygens (including phenoxy) is 1. The van der Waals surface area contributed by atoms with E-state index in [0.717, 1.165) is 16.7 Å². The molecule has 11 amide bonds. The van der Waals surface area contributed by atoms with E-state index in [1.54, 1.807) is 48.7 Å². The van der Waals surface area contributed by atoms with E-state index in [2.05, 4.69) is 26.6 Å². The average molecular weight is 998 g/mol. The number of nitrogens with zero attached hydrogens (tertiary/aromatic N) is 1. The summed E-state index contributed by atoms with van der Waals surface area (Å²) in [6.07, 6.45) is -6.54. The number of methoxy groups -OCH3 is 1. The van der Waals surface area contributed by atoms with Crippen molar-refractivity contribution in [2.75, 3.05) is 31.7 Å². The van der Waals surface area contributed by atoms with Crippen molar-refractivity contribution >= 4 is 76.7 Å². The third-order valence-corrected chi connectivity index (χ3v) is 12.1. The Hall–Kier alpha value is -6.46. The number of likely N-dealkylation sites (tertiary alicyclic amines) is 1.